The molecule has 0 atom stereocenters. The van der Waals surface area contributed by atoms with Crippen LogP contribution in [0.15, 0.2) is 30.5 Å². The van der Waals surface area contributed by atoms with E-state index in [0.717, 1.165) is 5.39 Å². The number of carbonyl (C=O) groups is 2. The fourth-order valence-electron chi connectivity index (χ4n) is 1.59. The first-order valence-electron chi connectivity index (χ1n) is 4.30. The summed E-state index contributed by atoms with van der Waals surface area (Å²) in [5.74, 6) is -0.0302. The lowest BCUT2D eigenvalue weighted by molar-refractivity contribution is 0.101. The van der Waals surface area contributed by atoms with Gasteiger partial charge in [0.2, 0.25) is 6.41 Å². The summed E-state index contributed by atoms with van der Waals surface area (Å²) in [6.07, 6.45) is 2.36. The predicted octanol–water partition coefficient (Wildman–Crippen LogP) is 1.88. The SMILES string of the molecule is CC(=O)c1cccc2ccn(C=O)c12. The molecule has 0 saturated heterocycles. The Bertz CT molecular complexity index is 511. The van der Waals surface area contributed by atoms with Crippen molar-refractivity contribution in [3.63, 3.8) is 0 Å². The maximum absolute atomic E-state index is 11.3. The van der Waals surface area contributed by atoms with Crippen molar-refractivity contribution >= 4 is 23.1 Å². The minimum Gasteiger partial charge on any atom is -0.294 e. The highest BCUT2D eigenvalue weighted by Gasteiger charge is 2.08. The normalized spacial score (nSPS) is 10.4. The summed E-state index contributed by atoms with van der Waals surface area (Å²) >= 11 is 0. The molecule has 0 aliphatic heterocycles. The van der Waals surface area contributed by atoms with Crippen LogP contribution in [-0.4, -0.2) is 16.8 Å². The van der Waals surface area contributed by atoms with Crippen LogP contribution < -0.4 is 0 Å². The van der Waals surface area contributed by atoms with Gasteiger partial charge < -0.3 is 0 Å². The second kappa shape index (κ2) is 3.10. The number of hydrogen-bond acceptors (Lipinski definition) is 2. The molecular weight excluding hydrogens is 178 g/mol. The lowest BCUT2D eigenvalue weighted by atomic mass is 10.1. The van der Waals surface area contributed by atoms with Crippen LogP contribution >= 0.6 is 0 Å². The quantitative estimate of drug-likeness (QED) is 0.532. The van der Waals surface area contributed by atoms with Crippen molar-refractivity contribution in [2.45, 2.75) is 6.92 Å². The molecule has 1 aromatic carbocycles. The van der Waals surface area contributed by atoms with Crippen LogP contribution in [0, 0.1) is 0 Å². The molecule has 0 aliphatic rings. The summed E-state index contributed by atoms with van der Waals surface area (Å²) in [6.45, 7) is 1.50. The Kier molecular flexibility index (Phi) is 1.93. The molecule has 0 radical (unpaired) electrons. The summed E-state index contributed by atoms with van der Waals surface area (Å²) in [4.78, 5) is 22.0. The number of benzene rings is 1. The molecule has 3 heteroatoms. The number of Topliss-reactive ketones (excluding diaryl/α,β-unsaturated/α-hetero) is 1. The van der Waals surface area contributed by atoms with Crippen LogP contribution in [0.25, 0.3) is 10.9 Å². The van der Waals surface area contributed by atoms with Gasteiger partial charge in [0.1, 0.15) is 0 Å². The second-order valence-corrected chi connectivity index (χ2v) is 3.13. The highest BCUT2D eigenvalue weighted by molar-refractivity contribution is 6.07. The summed E-state index contributed by atoms with van der Waals surface area (Å²) < 4.78 is 1.42. The van der Waals surface area contributed by atoms with Crippen molar-refractivity contribution in [1.82, 2.24) is 4.57 Å². The summed E-state index contributed by atoms with van der Waals surface area (Å²) in [6, 6.07) is 7.23. The van der Waals surface area contributed by atoms with Gasteiger partial charge in [-0.1, -0.05) is 12.1 Å². The van der Waals surface area contributed by atoms with E-state index in [1.54, 1.807) is 12.3 Å². The number of aromatic nitrogens is 1. The number of nitrogens with zero attached hydrogens (tertiary/aromatic N) is 1. The molecule has 0 N–H and O–H groups in total. The Morgan fingerprint density at radius 2 is 2.14 bits per heavy atom. The van der Waals surface area contributed by atoms with Gasteiger partial charge in [-0.25, -0.2) is 0 Å². The highest BCUT2D eigenvalue weighted by Crippen LogP contribution is 2.19. The molecule has 0 fully saturated rings. The van der Waals surface area contributed by atoms with Gasteiger partial charge in [-0.3, -0.25) is 14.2 Å². The van der Waals surface area contributed by atoms with Gasteiger partial charge >= 0.3 is 0 Å². The molecule has 2 rings (SSSR count). The van der Waals surface area contributed by atoms with Crippen molar-refractivity contribution in [2.75, 3.05) is 0 Å². The fraction of sp³-hybridized carbons (Fsp3) is 0.0909. The lowest BCUT2D eigenvalue weighted by Crippen LogP contribution is -1.99. The molecule has 1 aromatic heterocycles. The molecule has 70 valence electrons. The molecule has 0 unspecified atom stereocenters. The largest absolute Gasteiger partial charge is 0.294 e. The Morgan fingerprint density at radius 1 is 1.36 bits per heavy atom. The summed E-state index contributed by atoms with van der Waals surface area (Å²) in [5, 5.41) is 0.907. The zero-order chi connectivity index (χ0) is 10.1. The third kappa shape index (κ3) is 1.14. The monoisotopic (exact) mass is 187 g/mol. The van der Waals surface area contributed by atoms with E-state index in [1.165, 1.54) is 11.5 Å². The number of rotatable bonds is 2. The average Bonchev–Trinajstić information content (AvgIpc) is 2.59. The first kappa shape index (κ1) is 8.69. The third-order valence-electron chi connectivity index (χ3n) is 2.23. The maximum Gasteiger partial charge on any atom is 0.218 e. The Hall–Kier alpha value is -1.90. The molecule has 3 nitrogen and oxygen atoms in total. The number of para-hydroxylation sites is 1. The van der Waals surface area contributed by atoms with Crippen molar-refractivity contribution in [1.29, 1.82) is 0 Å². The van der Waals surface area contributed by atoms with E-state index in [-0.39, 0.29) is 5.78 Å². The molecule has 0 aliphatic carbocycles. The predicted molar refractivity (Wildman–Crippen MR) is 54.1 cm³/mol. The minimum atomic E-state index is -0.0302. The Morgan fingerprint density at radius 3 is 2.79 bits per heavy atom. The fourth-order valence-corrected chi connectivity index (χ4v) is 1.59. The van der Waals surface area contributed by atoms with Crippen molar-refractivity contribution in [2.24, 2.45) is 0 Å². The van der Waals surface area contributed by atoms with E-state index in [4.69, 9.17) is 0 Å². The first-order valence-corrected chi connectivity index (χ1v) is 4.30. The zero-order valence-electron chi connectivity index (χ0n) is 7.73. The number of carbonyl (C=O) groups excluding carboxylic acids is 2. The Labute approximate surface area is 81.0 Å². The third-order valence-corrected chi connectivity index (χ3v) is 2.23. The van der Waals surface area contributed by atoms with Crippen LogP contribution in [-0.2, 0) is 4.79 Å². The molecule has 1 heterocycles. The molecule has 14 heavy (non-hydrogen) atoms. The van der Waals surface area contributed by atoms with Gasteiger partial charge in [-0.05, 0) is 19.1 Å². The zero-order valence-corrected chi connectivity index (χ0v) is 7.73. The van der Waals surface area contributed by atoms with Crippen molar-refractivity contribution < 1.29 is 9.59 Å². The number of fused-ring (bicyclic) bond motifs is 1. The maximum atomic E-state index is 11.3. The van der Waals surface area contributed by atoms with E-state index in [2.05, 4.69) is 0 Å². The minimum absolute atomic E-state index is 0.0302. The summed E-state index contributed by atoms with van der Waals surface area (Å²) in [7, 11) is 0. The number of ketones is 1. The molecular formula is C11H9NO2. The second-order valence-electron chi connectivity index (χ2n) is 3.13. The number of hydrogen-bond donors (Lipinski definition) is 0. The molecule has 0 amide bonds. The average molecular weight is 187 g/mol. The van der Waals surface area contributed by atoms with Crippen LogP contribution in [0.3, 0.4) is 0 Å². The summed E-state index contributed by atoms with van der Waals surface area (Å²) in [5.41, 5.74) is 1.27. The van der Waals surface area contributed by atoms with Gasteiger partial charge in [0.05, 0.1) is 5.52 Å². The lowest BCUT2D eigenvalue weighted by Gasteiger charge is -2.00. The van der Waals surface area contributed by atoms with E-state index in [9.17, 15) is 9.59 Å². The van der Waals surface area contributed by atoms with E-state index in [1.807, 2.05) is 18.2 Å². The molecule has 2 aromatic rings. The smallest absolute Gasteiger partial charge is 0.218 e. The molecule has 0 bridgehead atoms. The van der Waals surface area contributed by atoms with Crippen LogP contribution in [0.4, 0.5) is 0 Å². The highest BCUT2D eigenvalue weighted by atomic mass is 16.1. The topological polar surface area (TPSA) is 39.1 Å². The van der Waals surface area contributed by atoms with Gasteiger partial charge in [0, 0.05) is 17.1 Å². The first-order chi connectivity index (χ1) is 6.74. The standard InChI is InChI=1S/C11H9NO2/c1-8(14)10-4-2-3-9-5-6-12(7-13)11(9)10/h2-7H,1H3. The molecule has 0 spiro atoms. The van der Waals surface area contributed by atoms with Gasteiger partial charge in [0.15, 0.2) is 5.78 Å². The van der Waals surface area contributed by atoms with E-state index in [0.29, 0.717) is 17.5 Å². The van der Waals surface area contributed by atoms with Crippen LogP contribution in [0.5, 0.6) is 0 Å². The Balaban J connectivity index is 2.88. The van der Waals surface area contributed by atoms with Gasteiger partial charge in [0.25, 0.3) is 0 Å². The van der Waals surface area contributed by atoms with Crippen LogP contribution in [0.1, 0.15) is 17.3 Å². The van der Waals surface area contributed by atoms with E-state index >= 15 is 0 Å². The van der Waals surface area contributed by atoms with Crippen LogP contribution in [0.2, 0.25) is 0 Å². The van der Waals surface area contributed by atoms with Gasteiger partial charge in [-0.15, -0.1) is 0 Å². The van der Waals surface area contributed by atoms with E-state index < -0.39 is 0 Å². The molecule has 0 saturated carbocycles. The van der Waals surface area contributed by atoms with Gasteiger partial charge in [-0.2, -0.15) is 0 Å². The van der Waals surface area contributed by atoms with Crippen molar-refractivity contribution in [3.8, 4) is 0 Å². The van der Waals surface area contributed by atoms with Crippen molar-refractivity contribution in [3.05, 3.63) is 36.0 Å².